The van der Waals surface area contributed by atoms with E-state index in [1.165, 1.54) is 16.3 Å². The van der Waals surface area contributed by atoms with Crippen molar-refractivity contribution in [2.75, 3.05) is 20.1 Å². The Bertz CT molecular complexity index is 629. The molecule has 0 radical (unpaired) electrons. The molecule has 2 aromatic rings. The molecule has 0 heterocycles. The first-order valence-electron chi connectivity index (χ1n) is 8.27. The van der Waals surface area contributed by atoms with Crippen LogP contribution in [0.15, 0.2) is 42.5 Å². The summed E-state index contributed by atoms with van der Waals surface area (Å²) in [6.45, 7) is 1.96. The molecule has 124 valence electrons. The van der Waals surface area contributed by atoms with Gasteiger partial charge in [-0.1, -0.05) is 36.4 Å². The first kappa shape index (κ1) is 17.6. The number of rotatable bonds is 10. The number of aldehydes is 1. The molecule has 2 aromatic carbocycles. The predicted octanol–water partition coefficient (Wildman–Crippen LogP) is 2.22. The normalized spacial score (nSPS) is 13.8. The van der Waals surface area contributed by atoms with Gasteiger partial charge in [0, 0.05) is 13.1 Å². The van der Waals surface area contributed by atoms with Gasteiger partial charge in [-0.3, -0.25) is 0 Å². The van der Waals surface area contributed by atoms with Crippen molar-refractivity contribution in [3.05, 3.63) is 48.0 Å². The fraction of sp³-hybridized carbons (Fsp3) is 0.421. The largest absolute Gasteiger partial charge is 0.330 e. The summed E-state index contributed by atoms with van der Waals surface area (Å²) in [7, 11) is 1.87. The topological polar surface area (TPSA) is 67.2 Å². The van der Waals surface area contributed by atoms with Gasteiger partial charge < -0.3 is 21.2 Å². The van der Waals surface area contributed by atoms with Crippen LogP contribution in [-0.2, 0) is 11.3 Å². The van der Waals surface area contributed by atoms with Crippen LogP contribution in [0.2, 0.25) is 0 Å². The zero-order valence-electron chi connectivity index (χ0n) is 13.8. The first-order valence-corrected chi connectivity index (χ1v) is 8.27. The number of nitrogens with two attached hydrogens (primary N) is 1. The second kappa shape index (κ2) is 8.77. The Kier molecular flexibility index (Phi) is 6.71. The van der Waals surface area contributed by atoms with Gasteiger partial charge in [-0.05, 0) is 55.3 Å². The number of fused-ring (bicyclic) bond motifs is 1. The second-order valence-corrected chi connectivity index (χ2v) is 6.09. The van der Waals surface area contributed by atoms with Gasteiger partial charge in [0.15, 0.2) is 0 Å². The van der Waals surface area contributed by atoms with Gasteiger partial charge in [0.05, 0.1) is 5.54 Å². The van der Waals surface area contributed by atoms with E-state index in [1.807, 2.05) is 19.2 Å². The lowest BCUT2D eigenvalue weighted by atomic mass is 9.93. The van der Waals surface area contributed by atoms with E-state index in [0.29, 0.717) is 19.6 Å². The van der Waals surface area contributed by atoms with Gasteiger partial charge in [-0.25, -0.2) is 0 Å². The molecule has 1 atom stereocenters. The molecule has 0 aliphatic heterocycles. The van der Waals surface area contributed by atoms with Crippen LogP contribution in [0.4, 0.5) is 0 Å². The molecule has 4 nitrogen and oxygen atoms in total. The third-order valence-corrected chi connectivity index (χ3v) is 4.25. The molecular formula is C19H27N3O. The van der Waals surface area contributed by atoms with Gasteiger partial charge in [-0.15, -0.1) is 0 Å². The lowest BCUT2D eigenvalue weighted by Crippen LogP contribution is -2.53. The lowest BCUT2D eigenvalue weighted by Gasteiger charge is -2.29. The van der Waals surface area contributed by atoms with Crippen LogP contribution in [0.1, 0.15) is 24.8 Å². The SMILES string of the molecule is CNC[C@@](C=O)(CCCCN)NCc1ccc2ccccc2c1. The Balaban J connectivity index is 2.07. The van der Waals surface area contributed by atoms with Crippen LogP contribution in [0, 0.1) is 0 Å². The summed E-state index contributed by atoms with van der Waals surface area (Å²) in [5.74, 6) is 0. The van der Waals surface area contributed by atoms with Crippen LogP contribution in [-0.4, -0.2) is 32.0 Å². The highest BCUT2D eigenvalue weighted by Crippen LogP contribution is 2.17. The van der Waals surface area contributed by atoms with Gasteiger partial charge in [0.25, 0.3) is 0 Å². The minimum Gasteiger partial charge on any atom is -0.330 e. The molecule has 0 bridgehead atoms. The van der Waals surface area contributed by atoms with Crippen LogP contribution in [0.25, 0.3) is 10.8 Å². The Labute approximate surface area is 138 Å². The Morgan fingerprint density at radius 2 is 1.91 bits per heavy atom. The Hall–Kier alpha value is -1.75. The average Bonchev–Trinajstić information content (AvgIpc) is 2.59. The molecule has 2 rings (SSSR count). The number of carbonyl (C=O) groups is 1. The van der Waals surface area contributed by atoms with Gasteiger partial charge in [0.1, 0.15) is 6.29 Å². The molecule has 23 heavy (non-hydrogen) atoms. The van der Waals surface area contributed by atoms with Crippen molar-refractivity contribution in [3.63, 3.8) is 0 Å². The molecular weight excluding hydrogens is 286 g/mol. The van der Waals surface area contributed by atoms with Crippen molar-refractivity contribution < 1.29 is 4.79 Å². The standard InChI is InChI=1S/C19H27N3O/c1-21-14-19(15-23,10-4-5-11-20)22-13-16-8-9-17-6-2-3-7-18(17)12-16/h2-3,6-9,12,15,21-22H,4-5,10-11,13-14,20H2,1H3/t19-/m1/s1. The summed E-state index contributed by atoms with van der Waals surface area (Å²) in [5.41, 5.74) is 6.22. The van der Waals surface area contributed by atoms with E-state index in [1.54, 1.807) is 0 Å². The van der Waals surface area contributed by atoms with Gasteiger partial charge in [-0.2, -0.15) is 0 Å². The number of nitrogens with one attached hydrogen (secondary N) is 2. The number of benzene rings is 2. The maximum Gasteiger partial charge on any atom is 0.141 e. The van der Waals surface area contributed by atoms with Crippen LogP contribution >= 0.6 is 0 Å². The fourth-order valence-electron chi connectivity index (χ4n) is 2.91. The van der Waals surface area contributed by atoms with Crippen LogP contribution in [0.3, 0.4) is 0 Å². The molecule has 0 aliphatic rings. The average molecular weight is 313 g/mol. The summed E-state index contributed by atoms with van der Waals surface area (Å²) in [6, 6.07) is 14.7. The summed E-state index contributed by atoms with van der Waals surface area (Å²) >= 11 is 0. The summed E-state index contributed by atoms with van der Waals surface area (Å²) < 4.78 is 0. The van der Waals surface area contributed by atoms with E-state index < -0.39 is 5.54 Å². The third kappa shape index (κ3) is 4.86. The van der Waals surface area contributed by atoms with Gasteiger partial charge >= 0.3 is 0 Å². The molecule has 4 N–H and O–H groups in total. The molecule has 0 aliphatic carbocycles. The molecule has 0 saturated carbocycles. The van der Waals surface area contributed by atoms with Crippen molar-refractivity contribution in [2.45, 2.75) is 31.3 Å². The summed E-state index contributed by atoms with van der Waals surface area (Å²) in [5, 5.41) is 9.03. The molecule has 0 fully saturated rings. The van der Waals surface area contributed by atoms with E-state index in [-0.39, 0.29) is 0 Å². The number of hydrogen-bond acceptors (Lipinski definition) is 4. The van der Waals surface area contributed by atoms with E-state index >= 15 is 0 Å². The lowest BCUT2D eigenvalue weighted by molar-refractivity contribution is -0.113. The fourth-order valence-corrected chi connectivity index (χ4v) is 2.91. The summed E-state index contributed by atoms with van der Waals surface area (Å²) in [4.78, 5) is 11.7. The highest BCUT2D eigenvalue weighted by molar-refractivity contribution is 5.83. The van der Waals surface area contributed by atoms with Crippen molar-refractivity contribution >= 4 is 17.1 Å². The van der Waals surface area contributed by atoms with E-state index in [2.05, 4.69) is 41.0 Å². The monoisotopic (exact) mass is 313 g/mol. The molecule has 0 spiro atoms. The molecule has 0 saturated heterocycles. The number of likely N-dealkylation sites (N-methyl/N-ethyl adjacent to an activating group) is 1. The Morgan fingerprint density at radius 3 is 2.61 bits per heavy atom. The maximum absolute atomic E-state index is 11.7. The third-order valence-electron chi connectivity index (χ3n) is 4.25. The van der Waals surface area contributed by atoms with Crippen molar-refractivity contribution in [3.8, 4) is 0 Å². The minimum absolute atomic E-state index is 0.532. The molecule has 4 heteroatoms. The van der Waals surface area contributed by atoms with Crippen LogP contribution in [0.5, 0.6) is 0 Å². The number of hydrogen-bond donors (Lipinski definition) is 3. The molecule has 0 amide bonds. The number of carbonyl (C=O) groups excluding carboxylic acids is 1. The van der Waals surface area contributed by atoms with Crippen LogP contribution < -0.4 is 16.4 Å². The highest BCUT2D eigenvalue weighted by Gasteiger charge is 2.27. The smallest absolute Gasteiger partial charge is 0.141 e. The molecule has 0 unspecified atom stereocenters. The van der Waals surface area contributed by atoms with E-state index in [4.69, 9.17) is 5.73 Å². The summed E-state index contributed by atoms with van der Waals surface area (Å²) in [6.07, 6.45) is 3.72. The second-order valence-electron chi connectivity index (χ2n) is 6.09. The zero-order valence-corrected chi connectivity index (χ0v) is 13.8. The quantitative estimate of drug-likeness (QED) is 0.465. The zero-order chi connectivity index (χ0) is 16.5. The number of unbranched alkanes of at least 4 members (excludes halogenated alkanes) is 1. The minimum atomic E-state index is -0.532. The van der Waals surface area contributed by atoms with Crippen molar-refractivity contribution in [1.29, 1.82) is 0 Å². The highest BCUT2D eigenvalue weighted by atomic mass is 16.1. The van der Waals surface area contributed by atoms with Gasteiger partial charge in [0.2, 0.25) is 0 Å². The van der Waals surface area contributed by atoms with E-state index in [9.17, 15) is 4.79 Å². The Morgan fingerprint density at radius 1 is 1.13 bits per heavy atom. The van der Waals surface area contributed by atoms with E-state index in [0.717, 1.165) is 25.5 Å². The predicted molar refractivity (Wildman–Crippen MR) is 96.4 cm³/mol. The van der Waals surface area contributed by atoms with Crippen molar-refractivity contribution in [2.24, 2.45) is 5.73 Å². The molecule has 0 aromatic heterocycles. The maximum atomic E-state index is 11.7. The van der Waals surface area contributed by atoms with Crippen molar-refractivity contribution in [1.82, 2.24) is 10.6 Å². The first-order chi connectivity index (χ1) is 11.2.